The van der Waals surface area contributed by atoms with Crippen LogP contribution in [-0.4, -0.2) is 15.3 Å². The fourth-order valence-corrected chi connectivity index (χ4v) is 3.12. The van der Waals surface area contributed by atoms with Gasteiger partial charge in [0, 0.05) is 17.9 Å². The summed E-state index contributed by atoms with van der Waals surface area (Å²) in [7, 11) is 0. The largest absolute Gasteiger partial charge is 0.305 e. The van der Waals surface area contributed by atoms with Gasteiger partial charge in [0.1, 0.15) is 17.1 Å². The Morgan fingerprint density at radius 3 is 2.84 bits per heavy atom. The van der Waals surface area contributed by atoms with Crippen molar-refractivity contribution >= 4 is 11.8 Å². The van der Waals surface area contributed by atoms with E-state index in [9.17, 15) is 5.26 Å². The zero-order valence-corrected chi connectivity index (χ0v) is 11.1. The number of nitriles is 1. The van der Waals surface area contributed by atoms with Crippen LogP contribution in [0.15, 0.2) is 35.5 Å². The Morgan fingerprint density at radius 1 is 1.32 bits per heavy atom. The fraction of sp³-hybridized carbons (Fsp3) is 0.214. The first-order valence-electron chi connectivity index (χ1n) is 6.09. The van der Waals surface area contributed by atoms with Gasteiger partial charge in [0.15, 0.2) is 5.16 Å². The van der Waals surface area contributed by atoms with Crippen molar-refractivity contribution in [3.63, 3.8) is 0 Å². The average molecular weight is 268 g/mol. The van der Waals surface area contributed by atoms with Crippen LogP contribution in [0.2, 0.25) is 0 Å². The molecule has 0 saturated heterocycles. The van der Waals surface area contributed by atoms with E-state index in [4.69, 9.17) is 5.41 Å². The van der Waals surface area contributed by atoms with E-state index < -0.39 is 0 Å². The van der Waals surface area contributed by atoms with Gasteiger partial charge in [0.25, 0.3) is 0 Å². The number of fused-ring (bicyclic) bond motifs is 1. The zero-order chi connectivity index (χ0) is 13.2. The Hall–Kier alpha value is -2.06. The summed E-state index contributed by atoms with van der Waals surface area (Å²) in [4.78, 5) is 4.60. The van der Waals surface area contributed by atoms with Crippen molar-refractivity contribution < 1.29 is 0 Å². The summed E-state index contributed by atoms with van der Waals surface area (Å²) in [5.41, 5.74) is 2.15. The summed E-state index contributed by atoms with van der Waals surface area (Å²) in [5.74, 6) is 1.02. The third-order valence-corrected chi connectivity index (χ3v) is 4.16. The molecule has 0 atom stereocenters. The summed E-state index contributed by atoms with van der Waals surface area (Å²) < 4.78 is 1.83. The highest BCUT2D eigenvalue weighted by atomic mass is 32.2. The molecule has 1 aliphatic rings. The molecule has 1 N–H and O–H groups in total. The Bertz CT molecular complexity index is 713. The van der Waals surface area contributed by atoms with E-state index in [0.29, 0.717) is 11.3 Å². The van der Waals surface area contributed by atoms with Crippen molar-refractivity contribution in [1.82, 2.24) is 9.55 Å². The van der Waals surface area contributed by atoms with Crippen molar-refractivity contribution in [2.75, 3.05) is 5.75 Å². The van der Waals surface area contributed by atoms with Crippen LogP contribution in [0.1, 0.15) is 12.0 Å². The molecule has 0 amide bonds. The molecular weight excluding hydrogens is 256 g/mol. The minimum atomic E-state index is 0.276. The number of rotatable bonds is 1. The molecule has 1 aromatic carbocycles. The molecule has 94 valence electrons. The molecule has 2 heterocycles. The number of benzene rings is 1. The van der Waals surface area contributed by atoms with Gasteiger partial charge in [-0.25, -0.2) is 4.98 Å². The van der Waals surface area contributed by atoms with Gasteiger partial charge in [-0.2, -0.15) is 5.26 Å². The Morgan fingerprint density at radius 2 is 2.11 bits per heavy atom. The summed E-state index contributed by atoms with van der Waals surface area (Å²) >= 11 is 1.65. The van der Waals surface area contributed by atoms with Gasteiger partial charge in [-0.1, -0.05) is 42.1 Å². The van der Waals surface area contributed by atoms with Crippen LogP contribution >= 0.6 is 11.8 Å². The second-order valence-corrected chi connectivity index (χ2v) is 5.36. The van der Waals surface area contributed by atoms with Crippen molar-refractivity contribution in [2.24, 2.45) is 0 Å². The molecule has 19 heavy (non-hydrogen) atoms. The molecule has 0 bridgehead atoms. The molecule has 5 heteroatoms. The molecule has 0 spiro atoms. The minimum absolute atomic E-state index is 0.276. The highest BCUT2D eigenvalue weighted by molar-refractivity contribution is 7.99. The monoisotopic (exact) mass is 268 g/mol. The lowest BCUT2D eigenvalue weighted by molar-refractivity contribution is 0.549. The molecule has 1 aliphatic heterocycles. The lowest BCUT2D eigenvalue weighted by Crippen LogP contribution is -2.29. The highest BCUT2D eigenvalue weighted by Crippen LogP contribution is 2.26. The van der Waals surface area contributed by atoms with Crippen molar-refractivity contribution in [2.45, 2.75) is 18.1 Å². The summed E-state index contributed by atoms with van der Waals surface area (Å²) in [6.45, 7) is 0.776. The van der Waals surface area contributed by atoms with Gasteiger partial charge in [-0.3, -0.25) is 5.41 Å². The van der Waals surface area contributed by atoms with E-state index >= 15 is 0 Å². The highest BCUT2D eigenvalue weighted by Gasteiger charge is 2.18. The number of nitrogens with one attached hydrogen (secondary N) is 1. The zero-order valence-electron chi connectivity index (χ0n) is 10.3. The molecule has 0 unspecified atom stereocenters. The van der Waals surface area contributed by atoms with Crippen LogP contribution in [0.25, 0.3) is 11.3 Å². The summed E-state index contributed by atoms with van der Waals surface area (Å²) in [6, 6.07) is 11.7. The second-order valence-electron chi connectivity index (χ2n) is 4.30. The molecule has 2 aromatic rings. The van der Waals surface area contributed by atoms with Crippen molar-refractivity contribution in [1.29, 1.82) is 10.7 Å². The number of aromatic nitrogens is 2. The van der Waals surface area contributed by atoms with E-state index in [1.807, 2.05) is 34.9 Å². The van der Waals surface area contributed by atoms with Gasteiger partial charge in [-0.15, -0.1) is 0 Å². The fourth-order valence-electron chi connectivity index (χ4n) is 2.17. The van der Waals surface area contributed by atoms with Crippen molar-refractivity contribution in [3.05, 3.63) is 41.4 Å². The Labute approximate surface area is 115 Å². The first-order valence-corrected chi connectivity index (χ1v) is 7.07. The topological polar surface area (TPSA) is 65.5 Å². The SMILES string of the molecule is N#Cc1c(-c2ccccc2)nc2n(c1=N)CCCS2. The lowest BCUT2D eigenvalue weighted by Gasteiger charge is -2.19. The predicted octanol–water partition coefficient (Wildman–Crippen LogP) is 2.40. The molecule has 0 radical (unpaired) electrons. The molecular formula is C14H12N4S. The van der Waals surface area contributed by atoms with Crippen LogP contribution in [-0.2, 0) is 6.54 Å². The normalized spacial score (nSPS) is 13.6. The maximum atomic E-state index is 9.33. The van der Waals surface area contributed by atoms with Gasteiger partial charge in [0.05, 0.1) is 5.69 Å². The van der Waals surface area contributed by atoms with E-state index in [1.165, 1.54) is 0 Å². The molecule has 0 aliphatic carbocycles. The van der Waals surface area contributed by atoms with Gasteiger partial charge in [0.2, 0.25) is 0 Å². The van der Waals surface area contributed by atoms with Crippen LogP contribution in [0.5, 0.6) is 0 Å². The number of hydrogen-bond acceptors (Lipinski definition) is 4. The first-order chi connectivity index (χ1) is 9.31. The van der Waals surface area contributed by atoms with E-state index in [2.05, 4.69) is 11.1 Å². The van der Waals surface area contributed by atoms with Gasteiger partial charge < -0.3 is 4.57 Å². The van der Waals surface area contributed by atoms with Gasteiger partial charge in [-0.05, 0) is 6.42 Å². The standard InChI is InChI=1S/C14H12N4S/c15-9-11-12(10-5-2-1-3-6-10)17-14-18(13(11)16)7-4-8-19-14/h1-3,5-6,16H,4,7-8H2. The molecule has 3 rings (SSSR count). The van der Waals surface area contributed by atoms with Gasteiger partial charge >= 0.3 is 0 Å². The maximum absolute atomic E-state index is 9.33. The molecule has 0 saturated carbocycles. The quantitative estimate of drug-likeness (QED) is 0.808. The Balaban J connectivity index is 2.29. The summed E-state index contributed by atoms with van der Waals surface area (Å²) in [5, 5.41) is 18.4. The average Bonchev–Trinajstić information content (AvgIpc) is 2.48. The van der Waals surface area contributed by atoms with Crippen LogP contribution < -0.4 is 5.49 Å². The minimum Gasteiger partial charge on any atom is -0.305 e. The van der Waals surface area contributed by atoms with Crippen LogP contribution in [0.4, 0.5) is 0 Å². The van der Waals surface area contributed by atoms with Crippen molar-refractivity contribution in [3.8, 4) is 17.3 Å². The molecule has 1 aromatic heterocycles. The Kier molecular flexibility index (Phi) is 3.10. The van der Waals surface area contributed by atoms with E-state index in [1.54, 1.807) is 11.8 Å². The van der Waals surface area contributed by atoms with Crippen LogP contribution in [0, 0.1) is 16.7 Å². The summed E-state index contributed by atoms with van der Waals surface area (Å²) in [6.07, 6.45) is 1.02. The molecule has 0 fully saturated rings. The first kappa shape index (κ1) is 12.0. The number of hydrogen-bond donors (Lipinski definition) is 1. The lowest BCUT2D eigenvalue weighted by atomic mass is 10.1. The number of nitrogens with zero attached hydrogens (tertiary/aromatic N) is 3. The van der Waals surface area contributed by atoms with E-state index in [-0.39, 0.29) is 5.49 Å². The maximum Gasteiger partial charge on any atom is 0.170 e. The molecule has 4 nitrogen and oxygen atoms in total. The number of thioether (sulfide) groups is 1. The predicted molar refractivity (Wildman–Crippen MR) is 73.6 cm³/mol. The smallest absolute Gasteiger partial charge is 0.170 e. The second kappa shape index (κ2) is 4.90. The third-order valence-electron chi connectivity index (χ3n) is 3.10. The van der Waals surface area contributed by atoms with Crippen LogP contribution in [0.3, 0.4) is 0 Å². The van der Waals surface area contributed by atoms with E-state index in [0.717, 1.165) is 29.4 Å². The third kappa shape index (κ3) is 2.04.